The summed E-state index contributed by atoms with van der Waals surface area (Å²) in [5.74, 6) is -9.42. The Bertz CT molecular complexity index is 1690. The number of aliphatic hydroxyl groups excluding tert-OH is 4. The number of phenols is 2. The van der Waals surface area contributed by atoms with E-state index in [9.17, 15) is 49.8 Å². The summed E-state index contributed by atoms with van der Waals surface area (Å²) < 4.78 is 22.2. The highest BCUT2D eigenvalue weighted by Crippen LogP contribution is 2.57. The number of rotatable bonds is 3. The van der Waals surface area contributed by atoms with Gasteiger partial charge in [0.2, 0.25) is 0 Å². The molecule has 0 unspecified atom stereocenters. The highest BCUT2D eigenvalue weighted by Gasteiger charge is 2.65. The van der Waals surface area contributed by atoms with E-state index >= 15 is 0 Å². The van der Waals surface area contributed by atoms with Gasteiger partial charge >= 0.3 is 11.9 Å². The molecule has 2 saturated carbocycles. The Morgan fingerprint density at radius 2 is 1.04 bits per heavy atom. The summed E-state index contributed by atoms with van der Waals surface area (Å²) in [5, 5.41) is 67.3. The third-order valence-electron chi connectivity index (χ3n) is 9.24. The van der Waals surface area contributed by atoms with Gasteiger partial charge in [-0.1, -0.05) is 13.8 Å². The van der Waals surface area contributed by atoms with E-state index in [0.29, 0.717) is 0 Å². The van der Waals surface area contributed by atoms with Crippen molar-refractivity contribution in [2.45, 2.75) is 50.1 Å². The molecule has 0 radical (unpaired) electrons. The Labute approximate surface area is 260 Å². The maximum absolute atomic E-state index is 13.4. The van der Waals surface area contributed by atoms with Crippen molar-refractivity contribution < 1.29 is 68.8 Å². The standard InChI is InChI=1S/C32H30O14/c1-11-9-17(35)21-23(37)19-15(33)7-5-13(25(19)45-31(21,27(11)39)29(41)43-3)14-6-8-16(34)20-24(38)22-18(36)10-12(2)28(40)32(22,30(42)44-4)46-26(14)20/h5-8,11-12,27-28,33-34,37-40H,9-10H2,1-4H3/t11-,12-,27+,28+,31+,32+/m0/s1. The number of aromatic hydroxyl groups is 2. The molecule has 14 nitrogen and oxygen atoms in total. The van der Waals surface area contributed by atoms with Crippen LogP contribution < -0.4 is 9.47 Å². The van der Waals surface area contributed by atoms with E-state index in [1.54, 1.807) is 0 Å². The zero-order valence-electron chi connectivity index (χ0n) is 25.0. The van der Waals surface area contributed by atoms with Crippen LogP contribution in [0.15, 0.2) is 35.4 Å². The number of ether oxygens (including phenoxy) is 4. The normalized spacial score (nSPS) is 29.9. The molecule has 0 spiro atoms. The molecule has 6 rings (SSSR count). The summed E-state index contributed by atoms with van der Waals surface area (Å²) in [7, 11) is 1.98. The number of carbonyl (C=O) groups is 4. The number of methoxy groups -OCH3 is 2. The fourth-order valence-corrected chi connectivity index (χ4v) is 7.00. The van der Waals surface area contributed by atoms with Crippen molar-refractivity contribution >= 4 is 35.0 Å². The predicted molar refractivity (Wildman–Crippen MR) is 155 cm³/mol. The first-order chi connectivity index (χ1) is 21.7. The molecule has 2 aliphatic heterocycles. The molecule has 0 saturated heterocycles. The summed E-state index contributed by atoms with van der Waals surface area (Å²) in [4.78, 5) is 53.2. The molecule has 6 atom stereocenters. The zero-order chi connectivity index (χ0) is 33.6. The highest BCUT2D eigenvalue weighted by atomic mass is 16.6. The number of hydrogen-bond donors (Lipinski definition) is 6. The van der Waals surface area contributed by atoms with Crippen LogP contribution in [0, 0.1) is 11.8 Å². The maximum Gasteiger partial charge on any atom is 0.358 e. The molecule has 2 heterocycles. The quantitative estimate of drug-likeness (QED) is 0.264. The molecular formula is C32H30O14. The fraction of sp³-hybridized carbons (Fsp3) is 0.375. The van der Waals surface area contributed by atoms with Crippen molar-refractivity contribution in [2.75, 3.05) is 14.2 Å². The number of hydrogen-bond acceptors (Lipinski definition) is 14. The Morgan fingerprint density at radius 3 is 1.37 bits per heavy atom. The first-order valence-corrected chi connectivity index (χ1v) is 14.3. The Hall–Kier alpha value is -5.08. The number of ketones is 2. The first-order valence-electron chi connectivity index (χ1n) is 14.3. The number of phenolic OH excluding ortho intramolecular Hbond substituents is 2. The van der Waals surface area contributed by atoms with Crippen LogP contribution in [0.1, 0.15) is 37.8 Å². The summed E-state index contributed by atoms with van der Waals surface area (Å²) in [6.07, 6.45) is -3.96. The second-order valence-corrected chi connectivity index (χ2v) is 11.9. The highest BCUT2D eigenvalue weighted by molar-refractivity contribution is 6.14. The fourth-order valence-electron chi connectivity index (χ4n) is 7.00. The van der Waals surface area contributed by atoms with Gasteiger partial charge in [-0.05, 0) is 36.1 Å². The van der Waals surface area contributed by atoms with E-state index in [0.717, 1.165) is 26.4 Å². The molecule has 2 aromatic rings. The van der Waals surface area contributed by atoms with Crippen LogP contribution in [-0.4, -0.2) is 91.8 Å². The van der Waals surface area contributed by atoms with Gasteiger partial charge in [-0.25, -0.2) is 9.59 Å². The molecule has 4 aliphatic rings. The van der Waals surface area contributed by atoms with Crippen LogP contribution in [0.5, 0.6) is 23.0 Å². The lowest BCUT2D eigenvalue weighted by Gasteiger charge is -2.46. The van der Waals surface area contributed by atoms with E-state index in [1.165, 1.54) is 26.0 Å². The number of benzene rings is 2. The van der Waals surface area contributed by atoms with Crippen LogP contribution >= 0.6 is 0 Å². The average molecular weight is 639 g/mol. The first kappa shape index (κ1) is 30.9. The Balaban J connectivity index is 1.68. The summed E-state index contributed by atoms with van der Waals surface area (Å²) >= 11 is 0. The van der Waals surface area contributed by atoms with Gasteiger partial charge < -0.3 is 49.6 Å². The number of fused-ring (bicyclic) bond motifs is 4. The Kier molecular flexibility index (Phi) is 6.87. The molecule has 242 valence electrons. The van der Waals surface area contributed by atoms with Gasteiger partial charge in [-0.3, -0.25) is 9.59 Å². The second-order valence-electron chi connectivity index (χ2n) is 11.9. The molecule has 6 N–H and O–H groups in total. The van der Waals surface area contributed by atoms with Gasteiger partial charge in [-0.2, -0.15) is 0 Å². The minimum Gasteiger partial charge on any atom is -0.507 e. The molecule has 2 aromatic carbocycles. The van der Waals surface area contributed by atoms with Crippen LogP contribution in [0.25, 0.3) is 22.6 Å². The monoisotopic (exact) mass is 638 g/mol. The van der Waals surface area contributed by atoms with Crippen LogP contribution in [0.2, 0.25) is 0 Å². The van der Waals surface area contributed by atoms with Crippen LogP contribution in [-0.2, 0) is 28.7 Å². The van der Waals surface area contributed by atoms with Gasteiger partial charge in [-0.15, -0.1) is 0 Å². The molecule has 0 bridgehead atoms. The molecule has 0 aromatic heterocycles. The molecule has 2 aliphatic carbocycles. The van der Waals surface area contributed by atoms with Crippen molar-refractivity contribution in [3.63, 3.8) is 0 Å². The third kappa shape index (κ3) is 3.70. The maximum atomic E-state index is 13.4. The number of carbonyl (C=O) groups excluding carboxylic acids is 4. The van der Waals surface area contributed by atoms with E-state index < -0.39 is 116 Å². The van der Waals surface area contributed by atoms with Crippen LogP contribution in [0.4, 0.5) is 0 Å². The predicted octanol–water partition coefficient (Wildman–Crippen LogP) is 1.85. The number of Topliss-reactive ketones (excluding diaryl/α,β-unsaturated/α-hetero) is 2. The summed E-state index contributed by atoms with van der Waals surface area (Å²) in [6, 6.07) is 4.73. The smallest absolute Gasteiger partial charge is 0.358 e. The van der Waals surface area contributed by atoms with E-state index in [2.05, 4.69) is 0 Å². The SMILES string of the molecule is COC(=O)[C@@]12Oc3c(-c4ccc(O)c5c4O[C@]4(C(=O)OC)C(=C5O)C(=O)C[C@H](C)[C@H]4O)ccc(O)c3C(O)=C1C(=O)C[C@H](C)[C@H]2O. The van der Waals surface area contributed by atoms with Crippen molar-refractivity contribution in [3.8, 4) is 34.1 Å². The summed E-state index contributed by atoms with van der Waals surface area (Å²) in [5.41, 5.74) is -7.49. The molecule has 14 heteroatoms. The zero-order valence-corrected chi connectivity index (χ0v) is 25.0. The van der Waals surface area contributed by atoms with Crippen molar-refractivity contribution in [1.29, 1.82) is 0 Å². The lowest BCUT2D eigenvalue weighted by Crippen LogP contribution is -2.64. The molecular weight excluding hydrogens is 608 g/mol. The molecule has 2 fully saturated rings. The third-order valence-corrected chi connectivity index (χ3v) is 9.24. The number of aliphatic hydroxyl groups is 4. The van der Waals surface area contributed by atoms with Gasteiger partial charge in [0.25, 0.3) is 11.2 Å². The van der Waals surface area contributed by atoms with Crippen LogP contribution in [0.3, 0.4) is 0 Å². The molecule has 46 heavy (non-hydrogen) atoms. The minimum atomic E-state index is -2.58. The van der Waals surface area contributed by atoms with Crippen molar-refractivity contribution in [3.05, 3.63) is 46.5 Å². The average Bonchev–Trinajstić information content (AvgIpc) is 3.01. The topological polar surface area (TPSA) is 227 Å². The van der Waals surface area contributed by atoms with Gasteiger partial charge in [0.1, 0.15) is 57.9 Å². The second kappa shape index (κ2) is 10.2. The van der Waals surface area contributed by atoms with Gasteiger partial charge in [0, 0.05) is 24.0 Å². The van der Waals surface area contributed by atoms with Gasteiger partial charge in [0.05, 0.1) is 25.4 Å². The molecule has 0 amide bonds. The minimum absolute atomic E-state index is 0.100. The van der Waals surface area contributed by atoms with Crippen molar-refractivity contribution in [1.82, 2.24) is 0 Å². The van der Waals surface area contributed by atoms with E-state index in [4.69, 9.17) is 18.9 Å². The van der Waals surface area contributed by atoms with Crippen molar-refractivity contribution in [2.24, 2.45) is 11.8 Å². The lowest BCUT2D eigenvalue weighted by atomic mass is 9.69. The lowest BCUT2D eigenvalue weighted by molar-refractivity contribution is -0.174. The largest absolute Gasteiger partial charge is 0.507 e. The Morgan fingerprint density at radius 1 is 0.696 bits per heavy atom. The number of esters is 2. The van der Waals surface area contributed by atoms with E-state index in [1.807, 2.05) is 0 Å². The van der Waals surface area contributed by atoms with Gasteiger partial charge in [0.15, 0.2) is 11.6 Å². The summed E-state index contributed by atoms with van der Waals surface area (Å²) in [6.45, 7) is 2.98. The van der Waals surface area contributed by atoms with E-state index in [-0.39, 0.29) is 24.0 Å².